The zero-order valence-electron chi connectivity index (χ0n) is 9.01. The van der Waals surface area contributed by atoms with E-state index < -0.39 is 26.7 Å². The summed E-state index contributed by atoms with van der Waals surface area (Å²) < 4.78 is 25.2. The van der Waals surface area contributed by atoms with Crippen LogP contribution in [0.2, 0.25) is 0 Å². The molecule has 0 amide bonds. The third-order valence-corrected chi connectivity index (χ3v) is 2.74. The van der Waals surface area contributed by atoms with Crippen LogP contribution in [0.15, 0.2) is 38.0 Å². The third kappa shape index (κ3) is 6.50. The van der Waals surface area contributed by atoms with E-state index in [0.717, 1.165) is 18.2 Å². The number of aliphatic hydroxyl groups is 3. The van der Waals surface area contributed by atoms with Gasteiger partial charge in [0.25, 0.3) is 0 Å². The number of hydrogen-bond acceptors (Lipinski definition) is 7. The molecule has 0 aromatic rings. The molecule has 3 N–H and O–H groups in total. The molecule has 0 aliphatic carbocycles. The highest BCUT2D eigenvalue weighted by Gasteiger charge is 2.34. The van der Waals surface area contributed by atoms with Crippen molar-refractivity contribution < 1.29 is 33.5 Å². The summed E-state index contributed by atoms with van der Waals surface area (Å²) >= 11 is 0. The van der Waals surface area contributed by atoms with Crippen LogP contribution in [0.5, 0.6) is 0 Å². The van der Waals surface area contributed by atoms with E-state index in [2.05, 4.69) is 33.3 Å². The maximum absolute atomic E-state index is 11.8. The Hall–Kier alpha value is -0.790. The van der Waals surface area contributed by atoms with Gasteiger partial charge < -0.3 is 15.3 Å². The largest absolute Gasteiger partial charge is 0.482 e. The first-order valence-electron chi connectivity index (χ1n) is 4.44. The van der Waals surface area contributed by atoms with Crippen LogP contribution in [-0.4, -0.2) is 34.2 Å². The fraction of sp³-hybridized carbons (Fsp3) is 0.333. The molecule has 17 heavy (non-hydrogen) atoms. The van der Waals surface area contributed by atoms with Gasteiger partial charge in [0.15, 0.2) is 18.9 Å². The predicted molar refractivity (Wildman–Crippen MR) is 59.5 cm³/mol. The molecule has 0 aliphatic heterocycles. The molecule has 0 aromatic carbocycles. The fourth-order valence-corrected chi connectivity index (χ4v) is 1.80. The number of aliphatic hydroxyl groups excluding tert-OH is 3. The Morgan fingerprint density at radius 2 is 1.06 bits per heavy atom. The van der Waals surface area contributed by atoms with Crippen molar-refractivity contribution in [1.29, 1.82) is 0 Å². The van der Waals surface area contributed by atoms with Gasteiger partial charge in [-0.15, -0.1) is 0 Å². The summed E-state index contributed by atoms with van der Waals surface area (Å²) in [6, 6.07) is 0. The van der Waals surface area contributed by atoms with Crippen molar-refractivity contribution >= 4 is 7.82 Å². The molecule has 0 aliphatic rings. The first-order valence-corrected chi connectivity index (χ1v) is 5.90. The van der Waals surface area contributed by atoms with Crippen molar-refractivity contribution in [2.45, 2.75) is 18.9 Å². The van der Waals surface area contributed by atoms with Gasteiger partial charge in [-0.05, 0) is 18.2 Å². The monoisotopic (exact) mass is 266 g/mol. The highest BCUT2D eigenvalue weighted by Crippen LogP contribution is 2.52. The van der Waals surface area contributed by atoms with Crippen LogP contribution in [0.3, 0.4) is 0 Å². The molecule has 0 saturated heterocycles. The van der Waals surface area contributed by atoms with Crippen LogP contribution in [0.4, 0.5) is 0 Å². The number of hydrogen-bond donors (Lipinski definition) is 3. The molecule has 0 fully saturated rings. The van der Waals surface area contributed by atoms with Crippen molar-refractivity contribution in [3.8, 4) is 0 Å². The summed E-state index contributed by atoms with van der Waals surface area (Å²) in [5.74, 6) is 0. The second-order valence-corrected chi connectivity index (χ2v) is 4.17. The fourth-order valence-electron chi connectivity index (χ4n) is 0.600. The Morgan fingerprint density at radius 3 is 1.24 bits per heavy atom. The van der Waals surface area contributed by atoms with Crippen LogP contribution in [0.1, 0.15) is 0 Å². The molecular weight excluding hydrogens is 251 g/mol. The van der Waals surface area contributed by atoms with Gasteiger partial charge in [0.1, 0.15) is 0 Å². The Bertz CT molecular complexity index is 269. The second kappa shape index (κ2) is 7.52. The van der Waals surface area contributed by atoms with E-state index in [1.54, 1.807) is 0 Å². The minimum atomic E-state index is -4.40. The van der Waals surface area contributed by atoms with Crippen molar-refractivity contribution in [3.05, 3.63) is 38.0 Å². The number of rotatable bonds is 9. The molecule has 0 aromatic heterocycles. The molecule has 0 heterocycles. The van der Waals surface area contributed by atoms with Gasteiger partial charge in [-0.2, -0.15) is 0 Å². The summed E-state index contributed by atoms with van der Waals surface area (Å²) in [5.41, 5.74) is 0. The van der Waals surface area contributed by atoms with E-state index in [1.807, 2.05) is 0 Å². The van der Waals surface area contributed by atoms with Crippen molar-refractivity contribution in [2.75, 3.05) is 0 Å². The van der Waals surface area contributed by atoms with E-state index in [1.165, 1.54) is 0 Å². The standard InChI is InChI=1S/C9H15O7P/c1-4-7(10)14-17(13,15-8(11)5-2)16-9(12)6-3/h4-12H,1-3H2. The topological polar surface area (TPSA) is 105 Å². The van der Waals surface area contributed by atoms with Crippen molar-refractivity contribution in [2.24, 2.45) is 0 Å². The van der Waals surface area contributed by atoms with Crippen LogP contribution < -0.4 is 0 Å². The third-order valence-electron chi connectivity index (χ3n) is 1.32. The van der Waals surface area contributed by atoms with E-state index in [0.29, 0.717) is 0 Å². The molecule has 0 spiro atoms. The molecule has 3 atom stereocenters. The van der Waals surface area contributed by atoms with E-state index in [9.17, 15) is 4.57 Å². The van der Waals surface area contributed by atoms with Crippen LogP contribution in [0.25, 0.3) is 0 Å². The molecule has 0 rings (SSSR count). The lowest BCUT2D eigenvalue weighted by Crippen LogP contribution is -2.17. The van der Waals surface area contributed by atoms with Gasteiger partial charge in [-0.25, -0.2) is 4.57 Å². The van der Waals surface area contributed by atoms with Crippen LogP contribution in [-0.2, 0) is 18.1 Å². The molecule has 98 valence electrons. The van der Waals surface area contributed by atoms with E-state index in [4.69, 9.17) is 15.3 Å². The van der Waals surface area contributed by atoms with Gasteiger partial charge >= 0.3 is 7.82 Å². The zero-order chi connectivity index (χ0) is 13.5. The highest BCUT2D eigenvalue weighted by molar-refractivity contribution is 7.48. The molecule has 0 bridgehead atoms. The van der Waals surface area contributed by atoms with Gasteiger partial charge in [-0.1, -0.05) is 19.7 Å². The van der Waals surface area contributed by atoms with Crippen LogP contribution >= 0.6 is 7.82 Å². The van der Waals surface area contributed by atoms with Crippen molar-refractivity contribution in [1.82, 2.24) is 0 Å². The maximum Gasteiger partial charge on any atom is 0.482 e. The lowest BCUT2D eigenvalue weighted by Gasteiger charge is -2.22. The Morgan fingerprint density at radius 1 is 0.824 bits per heavy atom. The molecule has 8 heteroatoms. The minimum Gasteiger partial charge on any atom is -0.364 e. The quantitative estimate of drug-likeness (QED) is 0.320. The lowest BCUT2D eigenvalue weighted by molar-refractivity contribution is -0.0836. The maximum atomic E-state index is 11.8. The Balaban J connectivity index is 4.78. The summed E-state index contributed by atoms with van der Waals surface area (Å²) in [5, 5.41) is 27.2. The predicted octanol–water partition coefficient (Wildman–Crippen LogP) is 0.657. The smallest absolute Gasteiger partial charge is 0.364 e. The first kappa shape index (κ1) is 16.2. The van der Waals surface area contributed by atoms with Gasteiger partial charge in [0.05, 0.1) is 0 Å². The molecule has 7 nitrogen and oxygen atoms in total. The lowest BCUT2D eigenvalue weighted by atomic mass is 10.6. The summed E-state index contributed by atoms with van der Waals surface area (Å²) in [6.45, 7) is 9.51. The number of phosphoric acid groups is 1. The first-order chi connectivity index (χ1) is 7.86. The summed E-state index contributed by atoms with van der Waals surface area (Å²) in [4.78, 5) is 0. The normalized spacial score (nSPS) is 19.7. The van der Waals surface area contributed by atoms with Gasteiger partial charge in [-0.3, -0.25) is 13.6 Å². The molecular formula is C9H15O7P. The number of phosphoric ester groups is 1. The van der Waals surface area contributed by atoms with Gasteiger partial charge in [0, 0.05) is 0 Å². The average molecular weight is 266 g/mol. The zero-order valence-corrected chi connectivity index (χ0v) is 9.90. The molecule has 0 radical (unpaired) electrons. The SMILES string of the molecule is C=CC(O)OP(=O)(OC(O)C=C)OC(O)C=C. The van der Waals surface area contributed by atoms with Crippen molar-refractivity contribution in [3.63, 3.8) is 0 Å². The van der Waals surface area contributed by atoms with Crippen LogP contribution in [0, 0.1) is 0 Å². The summed E-state index contributed by atoms with van der Waals surface area (Å²) in [7, 11) is -4.40. The average Bonchev–Trinajstić information content (AvgIpc) is 2.27. The Kier molecular flexibility index (Phi) is 7.17. The van der Waals surface area contributed by atoms with E-state index >= 15 is 0 Å². The Labute approximate surface area is 98.9 Å². The highest BCUT2D eigenvalue weighted by atomic mass is 31.2. The minimum absolute atomic E-state index is 0.903. The van der Waals surface area contributed by atoms with E-state index in [-0.39, 0.29) is 0 Å². The second-order valence-electron chi connectivity index (χ2n) is 2.64. The summed E-state index contributed by atoms with van der Waals surface area (Å²) in [6.07, 6.45) is -2.26. The molecule has 0 saturated carbocycles. The van der Waals surface area contributed by atoms with Gasteiger partial charge in [0.2, 0.25) is 0 Å². The molecule has 3 unspecified atom stereocenters.